The summed E-state index contributed by atoms with van der Waals surface area (Å²) in [5.41, 5.74) is 7.14. The van der Waals surface area contributed by atoms with Crippen LogP contribution in [0, 0.1) is 0 Å². The highest BCUT2D eigenvalue weighted by Crippen LogP contribution is 2.11. The highest BCUT2D eigenvalue weighted by Gasteiger charge is 2.18. The maximum atomic E-state index is 5.69. The molecule has 0 aromatic heterocycles. The number of ether oxygens (including phenoxy) is 1. The molecule has 0 amide bonds. The Morgan fingerprint density at radius 1 is 1.69 bits per heavy atom. The molecule has 1 unspecified atom stereocenters. The van der Waals surface area contributed by atoms with Crippen LogP contribution in [0.25, 0.3) is 0 Å². The lowest BCUT2D eigenvalue weighted by Crippen LogP contribution is -2.45. The van der Waals surface area contributed by atoms with E-state index in [0.717, 1.165) is 26.1 Å². The van der Waals surface area contributed by atoms with Crippen LogP contribution in [0.2, 0.25) is 0 Å². The van der Waals surface area contributed by atoms with Crippen molar-refractivity contribution in [3.8, 4) is 0 Å². The molecule has 0 saturated heterocycles. The highest BCUT2D eigenvalue weighted by atomic mass is 16.5. The van der Waals surface area contributed by atoms with Crippen molar-refractivity contribution in [1.82, 2.24) is 4.90 Å². The maximum absolute atomic E-state index is 5.69. The van der Waals surface area contributed by atoms with Gasteiger partial charge in [-0.1, -0.05) is 11.6 Å². The van der Waals surface area contributed by atoms with Gasteiger partial charge in [0.2, 0.25) is 0 Å². The number of methoxy groups -OCH3 is 1. The zero-order chi connectivity index (χ0) is 9.68. The van der Waals surface area contributed by atoms with E-state index >= 15 is 0 Å². The number of rotatable bonds is 4. The van der Waals surface area contributed by atoms with Crippen molar-refractivity contribution >= 4 is 0 Å². The molecule has 2 N–H and O–H groups in total. The van der Waals surface area contributed by atoms with E-state index in [1.807, 2.05) is 0 Å². The molecule has 1 heterocycles. The Hall–Kier alpha value is -0.380. The average molecular weight is 184 g/mol. The van der Waals surface area contributed by atoms with E-state index in [-0.39, 0.29) is 0 Å². The van der Waals surface area contributed by atoms with E-state index in [1.165, 1.54) is 5.57 Å². The Bertz CT molecular complexity index is 180. The van der Waals surface area contributed by atoms with Crippen LogP contribution in [0.15, 0.2) is 11.6 Å². The zero-order valence-electron chi connectivity index (χ0n) is 8.62. The molecule has 0 aromatic carbocycles. The molecule has 3 nitrogen and oxygen atoms in total. The SMILES string of the molecule is COCC(CN)N1CCC=C(C)C1. The second-order valence-corrected chi connectivity index (χ2v) is 3.65. The van der Waals surface area contributed by atoms with Gasteiger partial charge in [-0.2, -0.15) is 0 Å². The first-order valence-corrected chi connectivity index (χ1v) is 4.86. The molecule has 1 aliphatic rings. The Kier molecular flexibility index (Phi) is 4.42. The van der Waals surface area contributed by atoms with Crippen LogP contribution in [0.5, 0.6) is 0 Å². The summed E-state index contributed by atoms with van der Waals surface area (Å²) in [5.74, 6) is 0. The fraction of sp³-hybridized carbons (Fsp3) is 0.800. The van der Waals surface area contributed by atoms with E-state index < -0.39 is 0 Å². The van der Waals surface area contributed by atoms with Gasteiger partial charge in [-0.3, -0.25) is 4.90 Å². The second kappa shape index (κ2) is 5.37. The third kappa shape index (κ3) is 3.10. The lowest BCUT2D eigenvalue weighted by molar-refractivity contribution is 0.0980. The van der Waals surface area contributed by atoms with Crippen molar-refractivity contribution in [2.45, 2.75) is 19.4 Å². The summed E-state index contributed by atoms with van der Waals surface area (Å²) < 4.78 is 5.14. The Balaban J connectivity index is 2.45. The van der Waals surface area contributed by atoms with Crippen LogP contribution < -0.4 is 5.73 Å². The molecule has 13 heavy (non-hydrogen) atoms. The zero-order valence-corrected chi connectivity index (χ0v) is 8.62. The monoisotopic (exact) mass is 184 g/mol. The lowest BCUT2D eigenvalue weighted by atomic mass is 10.1. The molecule has 76 valence electrons. The summed E-state index contributed by atoms with van der Waals surface area (Å²) in [6.07, 6.45) is 3.45. The molecule has 1 aliphatic heterocycles. The predicted octanol–water partition coefficient (Wildman–Crippen LogP) is 0.612. The van der Waals surface area contributed by atoms with Crippen LogP contribution in [0.1, 0.15) is 13.3 Å². The van der Waals surface area contributed by atoms with Crippen LogP contribution in [0.4, 0.5) is 0 Å². The van der Waals surface area contributed by atoms with Gasteiger partial charge < -0.3 is 10.5 Å². The minimum atomic E-state index is 0.383. The molecule has 0 aliphatic carbocycles. The summed E-state index contributed by atoms with van der Waals surface area (Å²) in [6.45, 7) is 5.76. The minimum absolute atomic E-state index is 0.383. The second-order valence-electron chi connectivity index (χ2n) is 3.65. The van der Waals surface area contributed by atoms with Crippen molar-refractivity contribution in [3.63, 3.8) is 0 Å². The molecule has 1 rings (SSSR count). The van der Waals surface area contributed by atoms with Crippen molar-refractivity contribution in [2.75, 3.05) is 33.4 Å². The van der Waals surface area contributed by atoms with Crippen molar-refractivity contribution < 1.29 is 4.74 Å². The van der Waals surface area contributed by atoms with Crippen LogP contribution in [0.3, 0.4) is 0 Å². The topological polar surface area (TPSA) is 38.5 Å². The molecule has 0 fully saturated rings. The third-order valence-corrected chi connectivity index (χ3v) is 2.51. The summed E-state index contributed by atoms with van der Waals surface area (Å²) >= 11 is 0. The van der Waals surface area contributed by atoms with Crippen LogP contribution >= 0.6 is 0 Å². The normalized spacial score (nSPS) is 21.3. The fourth-order valence-electron chi connectivity index (χ4n) is 1.77. The molecule has 0 aromatic rings. The van der Waals surface area contributed by atoms with Gasteiger partial charge in [-0.05, 0) is 13.3 Å². The number of hydrogen-bond donors (Lipinski definition) is 1. The van der Waals surface area contributed by atoms with E-state index in [2.05, 4.69) is 17.9 Å². The first kappa shape index (κ1) is 10.7. The summed E-state index contributed by atoms with van der Waals surface area (Å²) in [7, 11) is 1.73. The predicted molar refractivity (Wildman–Crippen MR) is 54.7 cm³/mol. The maximum Gasteiger partial charge on any atom is 0.0630 e. The molecule has 1 atom stereocenters. The molecule has 0 spiro atoms. The van der Waals surface area contributed by atoms with Gasteiger partial charge in [0.25, 0.3) is 0 Å². The van der Waals surface area contributed by atoms with Crippen molar-refractivity contribution in [1.29, 1.82) is 0 Å². The van der Waals surface area contributed by atoms with E-state index in [0.29, 0.717) is 12.6 Å². The van der Waals surface area contributed by atoms with E-state index in [4.69, 9.17) is 10.5 Å². The molecule has 0 saturated carbocycles. The van der Waals surface area contributed by atoms with E-state index in [1.54, 1.807) is 7.11 Å². The van der Waals surface area contributed by atoms with Crippen LogP contribution in [-0.2, 0) is 4.74 Å². The molecular weight excluding hydrogens is 164 g/mol. The smallest absolute Gasteiger partial charge is 0.0630 e. The Labute approximate surface area is 80.5 Å². The largest absolute Gasteiger partial charge is 0.383 e. The summed E-state index contributed by atoms with van der Waals surface area (Å²) in [5, 5.41) is 0. The van der Waals surface area contributed by atoms with Gasteiger partial charge in [0, 0.05) is 32.8 Å². The first-order valence-electron chi connectivity index (χ1n) is 4.86. The van der Waals surface area contributed by atoms with Crippen LogP contribution in [-0.4, -0.2) is 44.3 Å². The number of hydrogen-bond acceptors (Lipinski definition) is 3. The number of nitrogens with zero attached hydrogens (tertiary/aromatic N) is 1. The average Bonchev–Trinajstić information content (AvgIpc) is 2.14. The minimum Gasteiger partial charge on any atom is -0.383 e. The fourth-order valence-corrected chi connectivity index (χ4v) is 1.77. The van der Waals surface area contributed by atoms with Crippen molar-refractivity contribution in [2.24, 2.45) is 5.73 Å². The first-order chi connectivity index (χ1) is 6.27. The van der Waals surface area contributed by atoms with Crippen molar-refractivity contribution in [3.05, 3.63) is 11.6 Å². The van der Waals surface area contributed by atoms with Gasteiger partial charge in [-0.15, -0.1) is 0 Å². The summed E-state index contributed by atoms with van der Waals surface area (Å²) in [4.78, 5) is 2.40. The number of nitrogens with two attached hydrogens (primary N) is 1. The third-order valence-electron chi connectivity index (χ3n) is 2.51. The lowest BCUT2D eigenvalue weighted by Gasteiger charge is -2.32. The summed E-state index contributed by atoms with van der Waals surface area (Å²) in [6, 6.07) is 0.383. The van der Waals surface area contributed by atoms with Gasteiger partial charge >= 0.3 is 0 Å². The van der Waals surface area contributed by atoms with Gasteiger partial charge in [0.05, 0.1) is 6.61 Å². The molecule has 0 bridgehead atoms. The van der Waals surface area contributed by atoms with Gasteiger partial charge in [-0.25, -0.2) is 0 Å². The Morgan fingerprint density at radius 2 is 2.46 bits per heavy atom. The quantitative estimate of drug-likeness (QED) is 0.651. The molecule has 0 radical (unpaired) electrons. The Morgan fingerprint density at radius 3 is 3.00 bits per heavy atom. The van der Waals surface area contributed by atoms with Gasteiger partial charge in [0.1, 0.15) is 0 Å². The molecular formula is C10H20N2O. The molecule has 3 heteroatoms. The highest BCUT2D eigenvalue weighted by molar-refractivity contribution is 5.05. The van der Waals surface area contributed by atoms with E-state index in [9.17, 15) is 0 Å². The standard InChI is InChI=1S/C10H20N2O/c1-9-4-3-5-12(7-9)10(6-11)8-13-2/h4,10H,3,5-8,11H2,1-2H3. The van der Waals surface area contributed by atoms with Gasteiger partial charge in [0.15, 0.2) is 0 Å².